The molecule has 0 atom stereocenters. The smallest absolute Gasteiger partial charge is 0.171 e. The van der Waals surface area contributed by atoms with Gasteiger partial charge in [-0.15, -0.1) is 5.10 Å². The average Bonchev–Trinajstić information content (AvgIpc) is 2.78. The maximum absolute atomic E-state index is 9.03. The predicted molar refractivity (Wildman–Crippen MR) is 128 cm³/mol. The number of pyridine rings is 1. The first kappa shape index (κ1) is 25.2. The van der Waals surface area contributed by atoms with E-state index in [9.17, 15) is 0 Å². The molecule has 0 aliphatic heterocycles. The van der Waals surface area contributed by atoms with E-state index < -0.39 is 0 Å². The van der Waals surface area contributed by atoms with Gasteiger partial charge < -0.3 is 31.9 Å². The Kier molecular flexibility index (Phi) is 9.56. The number of aliphatic hydroxyl groups excluding tert-OH is 1. The third-order valence-electron chi connectivity index (χ3n) is 4.95. The third-order valence-corrected chi connectivity index (χ3v) is 4.95. The largest absolute Gasteiger partial charge is 1.00 e. The Labute approximate surface area is 200 Å². The van der Waals surface area contributed by atoms with Gasteiger partial charge in [-0.05, 0) is 24.3 Å². The number of hydrogen-bond donors (Lipinski definition) is 1. The van der Waals surface area contributed by atoms with Gasteiger partial charge in [0.1, 0.15) is 12.3 Å². The van der Waals surface area contributed by atoms with Gasteiger partial charge in [0, 0.05) is 68.4 Å². The first-order chi connectivity index (χ1) is 15.0. The summed E-state index contributed by atoms with van der Waals surface area (Å²) in [6.07, 6.45) is 5.58. The number of anilines is 2. The maximum Gasteiger partial charge on any atom is 0.171 e. The number of benzene rings is 2. The second kappa shape index (κ2) is 12.1. The second-order valence-electron chi connectivity index (χ2n) is 7.67. The minimum atomic E-state index is 0. The van der Waals surface area contributed by atoms with Crippen molar-refractivity contribution >= 4 is 23.3 Å². The van der Waals surface area contributed by atoms with Crippen molar-refractivity contribution in [3.63, 3.8) is 0 Å². The molecule has 32 heavy (non-hydrogen) atoms. The van der Waals surface area contributed by atoms with Crippen LogP contribution in [0.5, 0.6) is 0 Å². The molecule has 7 heteroatoms. The number of halogens is 1. The van der Waals surface area contributed by atoms with E-state index in [1.165, 1.54) is 0 Å². The number of hydrogen-bond acceptors (Lipinski definition) is 5. The molecule has 0 aliphatic rings. The molecule has 0 aliphatic carbocycles. The zero-order valence-electron chi connectivity index (χ0n) is 19.0. The van der Waals surface area contributed by atoms with Crippen molar-refractivity contribution in [1.29, 1.82) is 0 Å². The average molecular weight is 496 g/mol. The second-order valence-corrected chi connectivity index (χ2v) is 7.67. The van der Waals surface area contributed by atoms with Gasteiger partial charge in [0.05, 0.1) is 6.21 Å². The fourth-order valence-electron chi connectivity index (χ4n) is 3.09. The summed E-state index contributed by atoms with van der Waals surface area (Å²) in [6.45, 7) is 0.691. The van der Waals surface area contributed by atoms with Crippen LogP contribution in [0.15, 0.2) is 83.3 Å². The molecule has 0 amide bonds. The standard InChI is InChI=1S/C25H30N5O.BrH/c1-28(2)23-9-5-21(6-10-23)25(22-7-11-24(12-8-22)29(3)4)27-26-19-20-13-15-30(16-14-20)17-18-31;/h5-16,19,31H,17-18H2,1-4H3;1H/q+1;/p-1. The van der Waals surface area contributed by atoms with Gasteiger partial charge in [-0.3, -0.25) is 0 Å². The molecule has 0 unspecified atom stereocenters. The first-order valence-electron chi connectivity index (χ1n) is 10.2. The van der Waals surface area contributed by atoms with Gasteiger partial charge in [0.2, 0.25) is 0 Å². The number of aromatic nitrogens is 1. The lowest BCUT2D eigenvalue weighted by molar-refractivity contribution is -0.698. The van der Waals surface area contributed by atoms with Crippen LogP contribution < -0.4 is 31.3 Å². The summed E-state index contributed by atoms with van der Waals surface area (Å²) in [5, 5.41) is 18.0. The Hall–Kier alpha value is -3.03. The molecule has 0 fully saturated rings. The van der Waals surface area contributed by atoms with E-state index >= 15 is 0 Å². The van der Waals surface area contributed by atoms with Crippen molar-refractivity contribution < 1.29 is 26.7 Å². The summed E-state index contributed by atoms with van der Waals surface area (Å²) in [5.41, 5.74) is 6.05. The summed E-state index contributed by atoms with van der Waals surface area (Å²) < 4.78 is 1.92. The first-order valence-corrected chi connectivity index (χ1v) is 10.2. The molecular formula is C25H30BrN5O. The summed E-state index contributed by atoms with van der Waals surface area (Å²) in [7, 11) is 8.10. The zero-order chi connectivity index (χ0) is 22.2. The number of rotatable bonds is 8. The van der Waals surface area contributed by atoms with Gasteiger partial charge in [0.15, 0.2) is 18.9 Å². The highest BCUT2D eigenvalue weighted by Gasteiger charge is 2.09. The molecule has 1 aromatic heterocycles. The van der Waals surface area contributed by atoms with Gasteiger partial charge >= 0.3 is 0 Å². The van der Waals surface area contributed by atoms with Crippen LogP contribution in [0.25, 0.3) is 0 Å². The van der Waals surface area contributed by atoms with Crippen molar-refractivity contribution in [3.8, 4) is 0 Å². The van der Waals surface area contributed by atoms with Crippen LogP contribution in [-0.2, 0) is 6.54 Å². The highest BCUT2D eigenvalue weighted by Crippen LogP contribution is 2.19. The highest BCUT2D eigenvalue weighted by molar-refractivity contribution is 6.13. The summed E-state index contributed by atoms with van der Waals surface area (Å²) in [4.78, 5) is 4.15. The molecule has 0 bridgehead atoms. The lowest BCUT2D eigenvalue weighted by Gasteiger charge is -2.15. The van der Waals surface area contributed by atoms with E-state index in [-0.39, 0.29) is 23.6 Å². The molecule has 1 heterocycles. The fraction of sp³-hybridized carbons (Fsp3) is 0.240. The van der Waals surface area contributed by atoms with E-state index in [0.717, 1.165) is 33.8 Å². The number of aliphatic hydroxyl groups is 1. The van der Waals surface area contributed by atoms with Crippen LogP contribution in [0.1, 0.15) is 16.7 Å². The zero-order valence-corrected chi connectivity index (χ0v) is 20.6. The Balaban J connectivity index is 0.00000363. The van der Waals surface area contributed by atoms with E-state index in [2.05, 4.69) is 68.5 Å². The van der Waals surface area contributed by atoms with E-state index in [1.807, 2.05) is 57.3 Å². The molecule has 0 radical (unpaired) electrons. The van der Waals surface area contributed by atoms with Crippen molar-refractivity contribution in [2.45, 2.75) is 6.54 Å². The molecule has 168 valence electrons. The number of nitrogens with zero attached hydrogens (tertiary/aromatic N) is 5. The molecule has 3 rings (SSSR count). The van der Waals surface area contributed by atoms with Crippen molar-refractivity contribution in [2.75, 3.05) is 44.6 Å². The van der Waals surface area contributed by atoms with Crippen LogP contribution in [0.4, 0.5) is 11.4 Å². The molecule has 0 saturated heterocycles. The summed E-state index contributed by atoms with van der Waals surface area (Å²) >= 11 is 0. The lowest BCUT2D eigenvalue weighted by Crippen LogP contribution is -3.00. The van der Waals surface area contributed by atoms with Crippen LogP contribution in [0.2, 0.25) is 0 Å². The highest BCUT2D eigenvalue weighted by atomic mass is 79.9. The van der Waals surface area contributed by atoms with E-state index in [0.29, 0.717) is 6.54 Å². The summed E-state index contributed by atoms with van der Waals surface area (Å²) in [6, 6.07) is 20.5. The van der Waals surface area contributed by atoms with E-state index in [1.54, 1.807) is 6.21 Å². The monoisotopic (exact) mass is 495 g/mol. The van der Waals surface area contributed by atoms with Crippen LogP contribution >= 0.6 is 0 Å². The molecule has 0 saturated carbocycles. The van der Waals surface area contributed by atoms with Crippen molar-refractivity contribution in [3.05, 3.63) is 89.7 Å². The molecular weight excluding hydrogens is 466 g/mol. The minimum Gasteiger partial charge on any atom is -1.00 e. The van der Waals surface area contributed by atoms with Crippen LogP contribution in [0.3, 0.4) is 0 Å². The van der Waals surface area contributed by atoms with E-state index in [4.69, 9.17) is 5.11 Å². The van der Waals surface area contributed by atoms with Gasteiger partial charge in [-0.1, -0.05) is 24.3 Å². The van der Waals surface area contributed by atoms with Gasteiger partial charge in [0.25, 0.3) is 0 Å². The normalized spacial score (nSPS) is 10.5. The van der Waals surface area contributed by atoms with Crippen molar-refractivity contribution in [1.82, 2.24) is 0 Å². The quantitative estimate of drug-likeness (QED) is 0.271. The summed E-state index contributed by atoms with van der Waals surface area (Å²) in [5.74, 6) is 0. The van der Waals surface area contributed by atoms with Crippen LogP contribution in [-0.4, -0.2) is 51.8 Å². The molecule has 1 N–H and O–H groups in total. The molecule has 2 aromatic carbocycles. The van der Waals surface area contributed by atoms with Gasteiger partial charge in [-0.25, -0.2) is 4.57 Å². The Morgan fingerprint density at radius 2 is 1.28 bits per heavy atom. The lowest BCUT2D eigenvalue weighted by atomic mass is 10.0. The topological polar surface area (TPSA) is 55.3 Å². The maximum atomic E-state index is 9.03. The third kappa shape index (κ3) is 6.73. The Morgan fingerprint density at radius 3 is 1.69 bits per heavy atom. The Morgan fingerprint density at radius 1 is 0.812 bits per heavy atom. The molecule has 0 spiro atoms. The molecule has 3 aromatic rings. The fourth-order valence-corrected chi connectivity index (χ4v) is 3.09. The van der Waals surface area contributed by atoms with Crippen LogP contribution in [0, 0.1) is 0 Å². The molecule has 6 nitrogen and oxygen atoms in total. The SMILES string of the molecule is CN(C)c1ccc(C(=N/N=C/c2cc[n+](CCO)cc2)c2ccc(N(C)C)cc2)cc1.[Br-]. The van der Waals surface area contributed by atoms with Gasteiger partial charge in [-0.2, -0.15) is 5.10 Å². The minimum absolute atomic E-state index is 0. The Bertz CT molecular complexity index is 974. The van der Waals surface area contributed by atoms with Crippen molar-refractivity contribution in [2.24, 2.45) is 10.2 Å². The predicted octanol–water partition coefficient (Wildman–Crippen LogP) is -0.0261.